The summed E-state index contributed by atoms with van der Waals surface area (Å²) in [7, 11) is 0. The van der Waals surface area contributed by atoms with Gasteiger partial charge in [-0.1, -0.05) is 0 Å². The van der Waals surface area contributed by atoms with Crippen LogP contribution >= 0.6 is 0 Å². The summed E-state index contributed by atoms with van der Waals surface area (Å²) in [5.41, 5.74) is 1.64. The first-order chi connectivity index (χ1) is 13.5. The zero-order valence-corrected chi connectivity index (χ0v) is 15.3. The molecule has 0 unspecified atom stereocenters. The Hall–Kier alpha value is -3.43. The highest BCUT2D eigenvalue weighted by Crippen LogP contribution is 2.38. The van der Waals surface area contributed by atoms with E-state index in [1.54, 1.807) is 11.1 Å². The van der Waals surface area contributed by atoms with Gasteiger partial charge in [0.2, 0.25) is 5.75 Å². The van der Waals surface area contributed by atoms with Gasteiger partial charge in [-0.25, -0.2) is 14.8 Å². The van der Waals surface area contributed by atoms with Crippen LogP contribution < -0.4 is 15.0 Å². The first kappa shape index (κ1) is 18.0. The number of aryl methyl sites for hydroxylation is 1. The van der Waals surface area contributed by atoms with Crippen molar-refractivity contribution in [1.29, 1.82) is 0 Å². The number of fused-ring (bicyclic) bond motifs is 1. The molecule has 2 amide bonds. The molecule has 0 bridgehead atoms. The van der Waals surface area contributed by atoms with Crippen LogP contribution in [-0.4, -0.2) is 62.7 Å². The van der Waals surface area contributed by atoms with E-state index in [1.807, 2.05) is 19.1 Å². The van der Waals surface area contributed by atoms with Gasteiger partial charge in [-0.15, -0.1) is 0 Å². The SMILES string of the molecule is Cc1ccc(Nc2ncnc3c2OCC(=O)N3C2CCN(C(=O)O)CC2)cn1. The predicted molar refractivity (Wildman–Crippen MR) is 99.9 cm³/mol. The molecule has 0 atom stereocenters. The van der Waals surface area contributed by atoms with E-state index >= 15 is 0 Å². The van der Waals surface area contributed by atoms with Crippen LogP contribution in [0.15, 0.2) is 24.7 Å². The third-order valence-electron chi connectivity index (χ3n) is 4.90. The molecule has 2 aromatic heterocycles. The smallest absolute Gasteiger partial charge is 0.407 e. The molecule has 28 heavy (non-hydrogen) atoms. The quantitative estimate of drug-likeness (QED) is 0.822. The Labute approximate surface area is 161 Å². The molecular weight excluding hydrogens is 364 g/mol. The number of likely N-dealkylation sites (tertiary alicyclic amines) is 1. The maximum Gasteiger partial charge on any atom is 0.407 e. The Morgan fingerprint density at radius 3 is 2.71 bits per heavy atom. The van der Waals surface area contributed by atoms with Crippen LogP contribution in [0.1, 0.15) is 18.5 Å². The van der Waals surface area contributed by atoms with Gasteiger partial charge in [0.25, 0.3) is 5.91 Å². The molecule has 4 heterocycles. The lowest BCUT2D eigenvalue weighted by atomic mass is 10.0. The lowest BCUT2D eigenvalue weighted by Gasteiger charge is -2.39. The van der Waals surface area contributed by atoms with Gasteiger partial charge in [0, 0.05) is 24.8 Å². The number of carbonyl (C=O) groups is 2. The number of ether oxygens (including phenoxy) is 1. The Kier molecular flexibility index (Phi) is 4.68. The molecule has 1 fully saturated rings. The van der Waals surface area contributed by atoms with Crippen molar-refractivity contribution in [3.63, 3.8) is 0 Å². The van der Waals surface area contributed by atoms with Gasteiger partial charge in [0.15, 0.2) is 18.2 Å². The van der Waals surface area contributed by atoms with Crippen molar-refractivity contribution in [1.82, 2.24) is 19.9 Å². The highest BCUT2D eigenvalue weighted by molar-refractivity contribution is 5.98. The number of hydrogen-bond donors (Lipinski definition) is 2. The molecule has 0 radical (unpaired) electrons. The number of carboxylic acid groups (broad SMARTS) is 1. The van der Waals surface area contributed by atoms with E-state index in [0.29, 0.717) is 43.3 Å². The third kappa shape index (κ3) is 3.40. The number of nitrogens with zero attached hydrogens (tertiary/aromatic N) is 5. The molecule has 2 N–H and O–H groups in total. The summed E-state index contributed by atoms with van der Waals surface area (Å²) < 4.78 is 5.64. The van der Waals surface area contributed by atoms with Crippen LogP contribution in [0.2, 0.25) is 0 Å². The second-order valence-electron chi connectivity index (χ2n) is 6.74. The number of nitrogens with one attached hydrogen (secondary N) is 1. The fourth-order valence-corrected chi connectivity index (χ4v) is 3.45. The molecule has 4 rings (SSSR count). The number of anilines is 3. The summed E-state index contributed by atoms with van der Waals surface area (Å²) in [5.74, 6) is 1.07. The average molecular weight is 384 g/mol. The number of aromatic nitrogens is 3. The van der Waals surface area contributed by atoms with Crippen LogP contribution in [0.5, 0.6) is 5.75 Å². The van der Waals surface area contributed by atoms with Crippen LogP contribution in [0.3, 0.4) is 0 Å². The van der Waals surface area contributed by atoms with Crippen molar-refractivity contribution in [2.45, 2.75) is 25.8 Å². The predicted octanol–water partition coefficient (Wildman–Crippen LogP) is 1.79. The molecule has 2 aromatic rings. The summed E-state index contributed by atoms with van der Waals surface area (Å²) in [6, 6.07) is 3.63. The molecular formula is C18H20N6O4. The minimum atomic E-state index is -0.937. The van der Waals surface area contributed by atoms with E-state index in [0.717, 1.165) is 11.4 Å². The fraction of sp³-hybridized carbons (Fsp3) is 0.389. The molecule has 0 aromatic carbocycles. The molecule has 1 saturated heterocycles. The van der Waals surface area contributed by atoms with Crippen molar-refractivity contribution >= 4 is 29.3 Å². The maximum atomic E-state index is 12.6. The zero-order chi connectivity index (χ0) is 19.7. The Balaban J connectivity index is 1.60. The van der Waals surface area contributed by atoms with E-state index in [2.05, 4.69) is 20.3 Å². The van der Waals surface area contributed by atoms with Gasteiger partial charge in [-0.2, -0.15) is 0 Å². The number of rotatable bonds is 3. The molecule has 146 valence electrons. The second-order valence-corrected chi connectivity index (χ2v) is 6.74. The van der Waals surface area contributed by atoms with Gasteiger partial charge in [0.05, 0.1) is 11.9 Å². The summed E-state index contributed by atoms with van der Waals surface area (Å²) >= 11 is 0. The monoisotopic (exact) mass is 384 g/mol. The van der Waals surface area contributed by atoms with Crippen molar-refractivity contribution in [3.05, 3.63) is 30.4 Å². The topological polar surface area (TPSA) is 121 Å². The first-order valence-corrected chi connectivity index (χ1v) is 9.00. The van der Waals surface area contributed by atoms with Crippen molar-refractivity contribution in [3.8, 4) is 5.75 Å². The zero-order valence-electron chi connectivity index (χ0n) is 15.3. The van der Waals surface area contributed by atoms with E-state index < -0.39 is 6.09 Å². The molecule has 0 saturated carbocycles. The van der Waals surface area contributed by atoms with Crippen molar-refractivity contribution < 1.29 is 19.4 Å². The van der Waals surface area contributed by atoms with Crippen molar-refractivity contribution in [2.24, 2.45) is 0 Å². The lowest BCUT2D eigenvalue weighted by Crippen LogP contribution is -2.51. The standard InChI is InChI=1S/C18H20N6O4/c1-11-2-3-12(8-19-11)22-16-15-17(21-10-20-16)24(14(25)9-28-15)13-4-6-23(7-5-13)18(26)27/h2-3,8,10,13H,4-7,9H2,1H3,(H,26,27)(H,20,21,22). The molecule has 10 heteroatoms. The van der Waals surface area contributed by atoms with Crippen LogP contribution in [0, 0.1) is 6.92 Å². The van der Waals surface area contributed by atoms with Gasteiger partial charge in [-0.3, -0.25) is 14.7 Å². The van der Waals surface area contributed by atoms with Gasteiger partial charge < -0.3 is 20.1 Å². The van der Waals surface area contributed by atoms with Crippen LogP contribution in [-0.2, 0) is 4.79 Å². The number of pyridine rings is 1. The van der Waals surface area contributed by atoms with E-state index in [9.17, 15) is 9.59 Å². The van der Waals surface area contributed by atoms with Gasteiger partial charge >= 0.3 is 6.09 Å². The number of amides is 2. The minimum absolute atomic E-state index is 0.111. The average Bonchev–Trinajstić information content (AvgIpc) is 2.70. The highest BCUT2D eigenvalue weighted by Gasteiger charge is 2.37. The molecule has 0 aliphatic carbocycles. The fourth-order valence-electron chi connectivity index (χ4n) is 3.45. The number of hydrogen-bond acceptors (Lipinski definition) is 7. The van der Waals surface area contributed by atoms with Gasteiger partial charge in [0.1, 0.15) is 6.33 Å². The number of carbonyl (C=O) groups excluding carboxylic acids is 1. The van der Waals surface area contributed by atoms with E-state index in [-0.39, 0.29) is 18.6 Å². The largest absolute Gasteiger partial charge is 0.476 e. The summed E-state index contributed by atoms with van der Waals surface area (Å²) in [6.45, 7) is 2.55. The molecule has 10 nitrogen and oxygen atoms in total. The highest BCUT2D eigenvalue weighted by atomic mass is 16.5. The third-order valence-corrected chi connectivity index (χ3v) is 4.90. The van der Waals surface area contributed by atoms with E-state index in [4.69, 9.17) is 9.84 Å². The van der Waals surface area contributed by atoms with E-state index in [1.165, 1.54) is 11.2 Å². The Morgan fingerprint density at radius 2 is 2.04 bits per heavy atom. The summed E-state index contributed by atoms with van der Waals surface area (Å²) in [6.07, 6.45) is 3.23. The minimum Gasteiger partial charge on any atom is -0.476 e. The summed E-state index contributed by atoms with van der Waals surface area (Å²) in [5, 5.41) is 12.3. The normalized spacial score (nSPS) is 17.1. The van der Waals surface area contributed by atoms with Crippen molar-refractivity contribution in [2.75, 3.05) is 29.9 Å². The van der Waals surface area contributed by atoms with Gasteiger partial charge in [-0.05, 0) is 31.9 Å². The maximum absolute atomic E-state index is 12.6. The lowest BCUT2D eigenvalue weighted by molar-refractivity contribution is -0.122. The molecule has 2 aliphatic rings. The molecule has 0 spiro atoms. The summed E-state index contributed by atoms with van der Waals surface area (Å²) in [4.78, 5) is 39.4. The number of piperidine rings is 1. The van der Waals surface area contributed by atoms with Crippen LogP contribution in [0.4, 0.5) is 22.1 Å². The molecule has 2 aliphatic heterocycles. The Morgan fingerprint density at radius 1 is 1.25 bits per heavy atom. The van der Waals surface area contributed by atoms with Crippen LogP contribution in [0.25, 0.3) is 0 Å². The first-order valence-electron chi connectivity index (χ1n) is 9.00. The second kappa shape index (κ2) is 7.29. The Bertz CT molecular complexity index is 895.